The summed E-state index contributed by atoms with van der Waals surface area (Å²) in [4.78, 5) is 0. The van der Waals surface area contributed by atoms with Gasteiger partial charge < -0.3 is 5.32 Å². The fraction of sp³-hybridized carbons (Fsp3) is 1.00. The number of rotatable bonds is 5. The van der Waals surface area contributed by atoms with Crippen molar-refractivity contribution < 1.29 is 0 Å². The van der Waals surface area contributed by atoms with Crippen molar-refractivity contribution in [1.82, 2.24) is 5.32 Å². The van der Waals surface area contributed by atoms with Crippen LogP contribution in [0.25, 0.3) is 0 Å². The molecule has 1 N–H and O–H groups in total. The molecule has 1 aliphatic rings. The third kappa shape index (κ3) is 2.78. The van der Waals surface area contributed by atoms with Crippen molar-refractivity contribution in [3.63, 3.8) is 0 Å². The minimum atomic E-state index is 0.796. The van der Waals surface area contributed by atoms with Crippen LogP contribution in [0.5, 0.6) is 0 Å². The van der Waals surface area contributed by atoms with Gasteiger partial charge in [0.25, 0.3) is 0 Å². The predicted octanol–water partition coefficient (Wildman–Crippen LogP) is 2.67. The van der Waals surface area contributed by atoms with Crippen molar-refractivity contribution in [2.24, 2.45) is 17.8 Å². The first-order valence-electron chi connectivity index (χ1n) is 5.44. The second-order valence-electron chi connectivity index (χ2n) is 4.56. The average Bonchev–Trinajstić information content (AvgIpc) is 1.96. The fourth-order valence-electron chi connectivity index (χ4n) is 2.00. The van der Waals surface area contributed by atoms with Gasteiger partial charge in [0, 0.05) is 0 Å². The Bertz CT molecular complexity index is 118. The Morgan fingerprint density at radius 3 is 2.33 bits per heavy atom. The van der Waals surface area contributed by atoms with Gasteiger partial charge in [0.2, 0.25) is 0 Å². The molecule has 1 fully saturated rings. The quantitative estimate of drug-likeness (QED) is 0.667. The highest BCUT2D eigenvalue weighted by Gasteiger charge is 2.28. The number of hydrogen-bond donors (Lipinski definition) is 1. The Balaban J connectivity index is 2.00. The molecule has 0 amide bonds. The van der Waals surface area contributed by atoms with Crippen LogP contribution >= 0.6 is 0 Å². The van der Waals surface area contributed by atoms with Crippen LogP contribution in [0.3, 0.4) is 0 Å². The molecule has 0 aromatic carbocycles. The number of nitrogens with one attached hydrogen (secondary N) is 1. The summed E-state index contributed by atoms with van der Waals surface area (Å²) < 4.78 is 0. The third-order valence-corrected chi connectivity index (χ3v) is 3.06. The maximum Gasteiger partial charge on any atom is -0.00178 e. The summed E-state index contributed by atoms with van der Waals surface area (Å²) in [6.07, 6.45) is 4.32. The van der Waals surface area contributed by atoms with Crippen LogP contribution in [0, 0.1) is 17.8 Å². The lowest BCUT2D eigenvalue weighted by atomic mass is 9.72. The predicted molar refractivity (Wildman–Crippen MR) is 54.2 cm³/mol. The van der Waals surface area contributed by atoms with Gasteiger partial charge in [0.05, 0.1) is 0 Å². The first-order valence-corrected chi connectivity index (χ1v) is 5.44. The molecular weight excluding hydrogens is 146 g/mol. The molecular formula is C11H23N. The second-order valence-corrected chi connectivity index (χ2v) is 4.56. The lowest BCUT2D eigenvalue weighted by Gasteiger charge is -2.36. The van der Waals surface area contributed by atoms with E-state index in [0.717, 1.165) is 17.8 Å². The normalized spacial score (nSPS) is 29.0. The van der Waals surface area contributed by atoms with E-state index in [-0.39, 0.29) is 0 Å². The minimum Gasteiger partial charge on any atom is -0.316 e. The molecule has 1 nitrogen and oxygen atoms in total. The van der Waals surface area contributed by atoms with Crippen molar-refractivity contribution >= 4 is 0 Å². The van der Waals surface area contributed by atoms with E-state index < -0.39 is 0 Å². The molecule has 0 aliphatic heterocycles. The smallest absolute Gasteiger partial charge is 0.00178 e. The molecule has 0 aromatic rings. The zero-order chi connectivity index (χ0) is 8.97. The van der Waals surface area contributed by atoms with E-state index in [1.165, 1.54) is 32.4 Å². The van der Waals surface area contributed by atoms with E-state index in [1.54, 1.807) is 0 Å². The summed E-state index contributed by atoms with van der Waals surface area (Å²) in [6.45, 7) is 9.30. The second kappa shape index (κ2) is 4.86. The average molecular weight is 169 g/mol. The van der Waals surface area contributed by atoms with Crippen LogP contribution < -0.4 is 5.32 Å². The molecule has 72 valence electrons. The third-order valence-electron chi connectivity index (χ3n) is 3.06. The van der Waals surface area contributed by atoms with Crippen molar-refractivity contribution in [3.05, 3.63) is 0 Å². The molecule has 1 rings (SSSR count). The molecule has 2 unspecified atom stereocenters. The van der Waals surface area contributed by atoms with Crippen LogP contribution in [-0.4, -0.2) is 13.1 Å². The first kappa shape index (κ1) is 10.0. The standard InChI is InChI=1S/C11H23N/c1-4-10-5-6-11(10)8-12-7-9(2)3/h9-12H,4-8H2,1-3H3. The Labute approximate surface area is 76.9 Å². The van der Waals surface area contributed by atoms with Crippen molar-refractivity contribution in [3.8, 4) is 0 Å². The van der Waals surface area contributed by atoms with Crippen molar-refractivity contribution in [2.75, 3.05) is 13.1 Å². The molecule has 12 heavy (non-hydrogen) atoms. The Morgan fingerprint density at radius 1 is 1.25 bits per heavy atom. The monoisotopic (exact) mass is 169 g/mol. The lowest BCUT2D eigenvalue weighted by molar-refractivity contribution is 0.165. The molecule has 1 aliphatic carbocycles. The van der Waals surface area contributed by atoms with E-state index in [2.05, 4.69) is 26.1 Å². The Hall–Kier alpha value is -0.0400. The lowest BCUT2D eigenvalue weighted by Crippen LogP contribution is -2.36. The molecule has 1 saturated carbocycles. The molecule has 0 saturated heterocycles. The van der Waals surface area contributed by atoms with E-state index in [9.17, 15) is 0 Å². The maximum absolute atomic E-state index is 3.55. The summed E-state index contributed by atoms with van der Waals surface area (Å²) in [5.74, 6) is 2.82. The van der Waals surface area contributed by atoms with Crippen LogP contribution in [0.15, 0.2) is 0 Å². The molecule has 0 bridgehead atoms. The van der Waals surface area contributed by atoms with Gasteiger partial charge in [-0.25, -0.2) is 0 Å². The van der Waals surface area contributed by atoms with Crippen molar-refractivity contribution in [1.29, 1.82) is 0 Å². The van der Waals surface area contributed by atoms with Gasteiger partial charge in [0.1, 0.15) is 0 Å². The Kier molecular flexibility index (Phi) is 4.07. The summed E-state index contributed by atoms with van der Waals surface area (Å²) in [5, 5.41) is 3.55. The topological polar surface area (TPSA) is 12.0 Å². The highest BCUT2D eigenvalue weighted by molar-refractivity contribution is 4.81. The highest BCUT2D eigenvalue weighted by atomic mass is 14.9. The maximum atomic E-state index is 3.55. The van der Waals surface area contributed by atoms with Gasteiger partial charge in [0.15, 0.2) is 0 Å². The zero-order valence-electron chi connectivity index (χ0n) is 8.77. The summed E-state index contributed by atoms with van der Waals surface area (Å²) in [7, 11) is 0. The largest absolute Gasteiger partial charge is 0.316 e. The van der Waals surface area contributed by atoms with Crippen LogP contribution in [0.1, 0.15) is 40.0 Å². The van der Waals surface area contributed by atoms with Crippen LogP contribution in [0.4, 0.5) is 0 Å². The van der Waals surface area contributed by atoms with Gasteiger partial charge >= 0.3 is 0 Å². The summed E-state index contributed by atoms with van der Waals surface area (Å²) in [6, 6.07) is 0. The van der Waals surface area contributed by atoms with Crippen LogP contribution in [-0.2, 0) is 0 Å². The zero-order valence-corrected chi connectivity index (χ0v) is 8.77. The van der Waals surface area contributed by atoms with Crippen molar-refractivity contribution in [2.45, 2.75) is 40.0 Å². The van der Waals surface area contributed by atoms with Crippen LogP contribution in [0.2, 0.25) is 0 Å². The van der Waals surface area contributed by atoms with E-state index in [4.69, 9.17) is 0 Å². The molecule has 0 aromatic heterocycles. The first-order chi connectivity index (χ1) is 5.74. The summed E-state index contributed by atoms with van der Waals surface area (Å²) in [5.41, 5.74) is 0. The van der Waals surface area contributed by atoms with E-state index in [1.807, 2.05) is 0 Å². The molecule has 0 spiro atoms. The molecule has 0 radical (unpaired) electrons. The fourth-order valence-corrected chi connectivity index (χ4v) is 2.00. The molecule has 0 heterocycles. The number of hydrogen-bond acceptors (Lipinski definition) is 1. The highest BCUT2D eigenvalue weighted by Crippen LogP contribution is 2.35. The molecule has 2 atom stereocenters. The van der Waals surface area contributed by atoms with Gasteiger partial charge in [-0.05, 0) is 43.7 Å². The van der Waals surface area contributed by atoms with Gasteiger partial charge in [-0.1, -0.05) is 27.2 Å². The Morgan fingerprint density at radius 2 is 1.92 bits per heavy atom. The van der Waals surface area contributed by atoms with E-state index >= 15 is 0 Å². The van der Waals surface area contributed by atoms with Gasteiger partial charge in [-0.3, -0.25) is 0 Å². The van der Waals surface area contributed by atoms with Gasteiger partial charge in [-0.15, -0.1) is 0 Å². The van der Waals surface area contributed by atoms with E-state index in [0.29, 0.717) is 0 Å². The minimum absolute atomic E-state index is 0.796. The molecule has 1 heteroatoms. The van der Waals surface area contributed by atoms with Gasteiger partial charge in [-0.2, -0.15) is 0 Å². The SMILES string of the molecule is CCC1CCC1CNCC(C)C. The summed E-state index contributed by atoms with van der Waals surface area (Å²) >= 11 is 0.